The highest BCUT2D eigenvalue weighted by Gasteiger charge is 2.28. The molecule has 1 amide bonds. The molecule has 238 valence electrons. The number of hydrogen-bond acceptors (Lipinski definition) is 4. The SMILES string of the molecule is CCC1=C(CC)c2nc1c(CC)c1[nH]c(c(CC)c3nc(cc4[nH]c(c(CC)c4CC)c2N(C=O)CO)C=C3)c(CC)c1CC. The number of nitrogens with zero attached hydrogens (tertiary/aromatic N) is 3. The molecule has 7 heteroatoms. The lowest BCUT2D eigenvalue weighted by Gasteiger charge is -2.18. The van der Waals surface area contributed by atoms with Gasteiger partial charge in [-0.3, -0.25) is 9.69 Å². The summed E-state index contributed by atoms with van der Waals surface area (Å²) in [4.78, 5) is 32.2. The van der Waals surface area contributed by atoms with E-state index in [4.69, 9.17) is 9.97 Å². The van der Waals surface area contributed by atoms with Gasteiger partial charge in [-0.15, -0.1) is 0 Å². The van der Waals surface area contributed by atoms with E-state index in [9.17, 15) is 9.90 Å². The van der Waals surface area contributed by atoms with Crippen molar-refractivity contribution in [3.05, 3.63) is 62.2 Å². The topological polar surface area (TPSA) is 97.9 Å². The number of carbonyl (C=O) groups is 1. The van der Waals surface area contributed by atoms with Crippen molar-refractivity contribution in [1.82, 2.24) is 19.9 Å². The van der Waals surface area contributed by atoms with Crippen LogP contribution in [0.3, 0.4) is 0 Å². The number of rotatable bonds is 11. The molecule has 0 aromatic carbocycles. The van der Waals surface area contributed by atoms with Gasteiger partial charge in [0.15, 0.2) is 0 Å². The number of nitrogens with one attached hydrogen (secondary N) is 2. The predicted octanol–water partition coefficient (Wildman–Crippen LogP) is 8.50. The molecule has 8 bridgehead atoms. The maximum atomic E-state index is 12.6. The number of aryl methyl sites for hydroxylation is 6. The first-order chi connectivity index (χ1) is 21.9. The van der Waals surface area contributed by atoms with E-state index in [1.807, 2.05) is 0 Å². The molecule has 0 aliphatic carbocycles. The first-order valence-corrected chi connectivity index (χ1v) is 17.0. The number of hydrogen-bond donors (Lipinski definition) is 3. The number of allylic oxidation sites excluding steroid dienone is 2. The van der Waals surface area contributed by atoms with Gasteiger partial charge in [-0.05, 0) is 103 Å². The third kappa shape index (κ3) is 5.25. The molecule has 2 aliphatic heterocycles. The average Bonchev–Trinajstić information content (AvgIpc) is 3.83. The highest BCUT2D eigenvalue weighted by Crippen LogP contribution is 2.43. The van der Waals surface area contributed by atoms with Crippen molar-refractivity contribution in [2.75, 3.05) is 11.6 Å². The molecule has 3 aromatic rings. The Hall–Kier alpha value is -3.97. The molecule has 0 spiro atoms. The van der Waals surface area contributed by atoms with E-state index in [2.05, 4.69) is 83.6 Å². The summed E-state index contributed by atoms with van der Waals surface area (Å²) in [6, 6.07) is 2.12. The number of aromatic nitrogens is 4. The van der Waals surface area contributed by atoms with Crippen LogP contribution in [0, 0.1) is 0 Å². The average molecular weight is 608 g/mol. The largest absolute Gasteiger partial charge is 0.376 e. The van der Waals surface area contributed by atoms with E-state index in [1.165, 1.54) is 43.8 Å². The molecule has 0 fully saturated rings. The molecule has 0 saturated carbocycles. The second kappa shape index (κ2) is 13.6. The number of H-pyrrole nitrogens is 2. The Morgan fingerprint density at radius 3 is 1.73 bits per heavy atom. The van der Waals surface area contributed by atoms with E-state index in [0.717, 1.165) is 108 Å². The Bertz CT molecular complexity index is 1850. The van der Waals surface area contributed by atoms with Crippen LogP contribution >= 0.6 is 0 Å². The number of aliphatic hydroxyl groups excluding tert-OH is 1. The van der Waals surface area contributed by atoms with Crippen molar-refractivity contribution in [3.63, 3.8) is 0 Å². The van der Waals surface area contributed by atoms with Crippen molar-refractivity contribution >= 4 is 57.5 Å². The van der Waals surface area contributed by atoms with Crippen LogP contribution in [0.15, 0.2) is 6.07 Å². The van der Waals surface area contributed by atoms with Crippen LogP contribution in [0.25, 0.3) is 45.4 Å². The van der Waals surface area contributed by atoms with Gasteiger partial charge in [-0.2, -0.15) is 0 Å². The molecule has 45 heavy (non-hydrogen) atoms. The number of aromatic amines is 2. The number of fused-ring (bicyclic) bond motifs is 8. The molecule has 0 saturated heterocycles. The van der Waals surface area contributed by atoms with E-state index >= 15 is 0 Å². The third-order valence-electron chi connectivity index (χ3n) is 9.64. The van der Waals surface area contributed by atoms with Crippen LogP contribution in [0.1, 0.15) is 124 Å². The quantitative estimate of drug-likeness (QED) is 0.118. The van der Waals surface area contributed by atoms with Crippen molar-refractivity contribution in [2.45, 2.75) is 107 Å². The fourth-order valence-corrected chi connectivity index (χ4v) is 7.61. The molecule has 3 N–H and O–H groups in total. The molecular formula is C38H49N5O2. The Labute approximate surface area is 267 Å². The highest BCUT2D eigenvalue weighted by atomic mass is 16.3. The van der Waals surface area contributed by atoms with Crippen molar-refractivity contribution < 1.29 is 9.90 Å². The maximum Gasteiger partial charge on any atom is 0.216 e. The summed E-state index contributed by atoms with van der Waals surface area (Å²) in [6.07, 6.45) is 11.6. The number of amides is 1. The molecule has 2 aliphatic rings. The van der Waals surface area contributed by atoms with Crippen molar-refractivity contribution in [3.8, 4) is 0 Å². The molecule has 5 rings (SSSR count). The summed E-state index contributed by atoms with van der Waals surface area (Å²) >= 11 is 0. The summed E-state index contributed by atoms with van der Waals surface area (Å²) in [6.45, 7) is 17.1. The normalized spacial score (nSPS) is 12.8. The molecule has 3 aromatic heterocycles. The molecule has 0 atom stereocenters. The zero-order valence-corrected chi connectivity index (χ0v) is 28.4. The van der Waals surface area contributed by atoms with Gasteiger partial charge in [-0.1, -0.05) is 55.4 Å². The van der Waals surface area contributed by atoms with Gasteiger partial charge in [0.2, 0.25) is 6.41 Å². The van der Waals surface area contributed by atoms with Crippen LogP contribution in [-0.2, 0) is 43.3 Å². The minimum absolute atomic E-state index is 0.443. The zero-order valence-electron chi connectivity index (χ0n) is 28.4. The zero-order chi connectivity index (χ0) is 32.4. The standard InChI is InChI=1S/C38H49N5O2/c1-9-23-24(10-2)36-38(43(20-44)21-45)37-28(14-6)27(13-5)35(42-37)30(16-8)34-26(12-4)25(11-3)33(41-34)29(15-7)31-18-17-22(39-31)19-32(23)40-36/h17-20,40-41,45H,9-16,21H2,1-8H3. The summed E-state index contributed by atoms with van der Waals surface area (Å²) in [5.41, 5.74) is 18.2. The maximum absolute atomic E-state index is 12.6. The van der Waals surface area contributed by atoms with Gasteiger partial charge in [0, 0.05) is 27.7 Å². The Morgan fingerprint density at radius 1 is 0.644 bits per heavy atom. The van der Waals surface area contributed by atoms with E-state index in [-0.39, 0.29) is 0 Å². The first-order valence-electron chi connectivity index (χ1n) is 17.0. The van der Waals surface area contributed by atoms with Gasteiger partial charge in [0.05, 0.1) is 34.0 Å². The first kappa shape index (κ1) is 32.4. The van der Waals surface area contributed by atoms with Crippen LogP contribution in [0.2, 0.25) is 0 Å². The fourth-order valence-electron chi connectivity index (χ4n) is 7.61. The van der Waals surface area contributed by atoms with Gasteiger partial charge >= 0.3 is 0 Å². The van der Waals surface area contributed by atoms with Gasteiger partial charge in [0.1, 0.15) is 6.73 Å². The summed E-state index contributed by atoms with van der Waals surface area (Å²) in [7, 11) is 0. The Kier molecular flexibility index (Phi) is 9.78. The van der Waals surface area contributed by atoms with Crippen molar-refractivity contribution in [1.29, 1.82) is 0 Å². The Balaban J connectivity index is 2.19. The minimum atomic E-state index is -0.443. The second-order valence-corrected chi connectivity index (χ2v) is 11.7. The monoisotopic (exact) mass is 607 g/mol. The fraction of sp³-hybridized carbons (Fsp3) is 0.447. The second-order valence-electron chi connectivity index (χ2n) is 11.7. The van der Waals surface area contributed by atoms with Gasteiger partial charge < -0.3 is 15.1 Å². The summed E-state index contributed by atoms with van der Waals surface area (Å²) < 4.78 is 0. The summed E-state index contributed by atoms with van der Waals surface area (Å²) in [5, 5.41) is 10.5. The van der Waals surface area contributed by atoms with Gasteiger partial charge in [0.25, 0.3) is 0 Å². The number of carbonyl (C=O) groups excluding carboxylic acids is 1. The minimum Gasteiger partial charge on any atom is -0.376 e. The van der Waals surface area contributed by atoms with Crippen LogP contribution in [0.4, 0.5) is 5.69 Å². The van der Waals surface area contributed by atoms with E-state index in [0.29, 0.717) is 5.69 Å². The van der Waals surface area contributed by atoms with Crippen LogP contribution < -0.4 is 4.90 Å². The van der Waals surface area contributed by atoms with E-state index < -0.39 is 6.73 Å². The number of anilines is 1. The molecule has 5 heterocycles. The van der Waals surface area contributed by atoms with E-state index in [1.54, 1.807) is 0 Å². The summed E-state index contributed by atoms with van der Waals surface area (Å²) in [5.74, 6) is 0. The van der Waals surface area contributed by atoms with Gasteiger partial charge in [-0.25, -0.2) is 9.97 Å². The lowest BCUT2D eigenvalue weighted by molar-refractivity contribution is -0.108. The van der Waals surface area contributed by atoms with Crippen LogP contribution in [0.5, 0.6) is 0 Å². The molecule has 0 unspecified atom stereocenters. The highest BCUT2D eigenvalue weighted by molar-refractivity contribution is 6.03. The third-order valence-corrected chi connectivity index (χ3v) is 9.64. The number of aliphatic hydroxyl groups is 1. The van der Waals surface area contributed by atoms with Crippen LogP contribution in [-0.4, -0.2) is 38.2 Å². The lowest BCUT2D eigenvalue weighted by atomic mass is 9.94. The molecule has 0 radical (unpaired) electrons. The lowest BCUT2D eigenvalue weighted by Crippen LogP contribution is -2.23. The van der Waals surface area contributed by atoms with Crippen molar-refractivity contribution in [2.24, 2.45) is 0 Å². The smallest absolute Gasteiger partial charge is 0.216 e. The molecular weight excluding hydrogens is 558 g/mol. The molecule has 7 nitrogen and oxygen atoms in total. The predicted molar refractivity (Wildman–Crippen MR) is 189 cm³/mol. The Morgan fingerprint density at radius 2 is 1.20 bits per heavy atom.